The van der Waals surface area contributed by atoms with E-state index in [-0.39, 0.29) is 0 Å². The van der Waals surface area contributed by atoms with Gasteiger partial charge < -0.3 is 14.4 Å². The van der Waals surface area contributed by atoms with Crippen molar-refractivity contribution in [1.82, 2.24) is 4.57 Å². The van der Waals surface area contributed by atoms with Gasteiger partial charge in [-0.3, -0.25) is 0 Å². The lowest BCUT2D eigenvalue weighted by Crippen LogP contribution is -1.98. The van der Waals surface area contributed by atoms with Gasteiger partial charge in [-0.1, -0.05) is 6.07 Å². The van der Waals surface area contributed by atoms with Crippen molar-refractivity contribution in [3.63, 3.8) is 0 Å². The third kappa shape index (κ3) is 1.57. The van der Waals surface area contributed by atoms with Gasteiger partial charge in [0.05, 0.1) is 12.2 Å². The van der Waals surface area contributed by atoms with Gasteiger partial charge in [0.2, 0.25) is 0 Å². The van der Waals surface area contributed by atoms with E-state index in [4.69, 9.17) is 9.84 Å². The van der Waals surface area contributed by atoms with Gasteiger partial charge in [0.1, 0.15) is 0 Å². The number of aromatic carboxylic acids is 1. The largest absolute Gasteiger partial charge is 0.478 e. The average molecular weight is 219 g/mol. The van der Waals surface area contributed by atoms with Crippen molar-refractivity contribution in [1.29, 1.82) is 0 Å². The molecule has 1 aromatic heterocycles. The Morgan fingerprint density at radius 3 is 2.88 bits per heavy atom. The molecule has 1 aromatic carbocycles. The Labute approximate surface area is 93.1 Å². The summed E-state index contributed by atoms with van der Waals surface area (Å²) in [6.07, 6.45) is 0. The lowest BCUT2D eigenvalue weighted by Gasteiger charge is -2.02. The van der Waals surface area contributed by atoms with Gasteiger partial charge in [-0.15, -0.1) is 0 Å². The molecule has 0 aliphatic rings. The number of hydrogen-bond donors (Lipinski definition) is 1. The Balaban J connectivity index is 2.70. The third-order valence-electron chi connectivity index (χ3n) is 2.71. The van der Waals surface area contributed by atoms with Crippen LogP contribution in [0.15, 0.2) is 24.3 Å². The number of benzene rings is 1. The number of rotatable bonds is 3. The van der Waals surface area contributed by atoms with Crippen LogP contribution in [0.2, 0.25) is 0 Å². The zero-order valence-corrected chi connectivity index (χ0v) is 9.23. The molecule has 0 unspecified atom stereocenters. The minimum atomic E-state index is -0.903. The molecule has 4 nitrogen and oxygen atoms in total. The zero-order valence-electron chi connectivity index (χ0n) is 9.23. The number of fused-ring (bicyclic) bond motifs is 1. The monoisotopic (exact) mass is 219 g/mol. The third-order valence-corrected chi connectivity index (χ3v) is 2.71. The first-order valence-electron chi connectivity index (χ1n) is 4.94. The van der Waals surface area contributed by atoms with Crippen molar-refractivity contribution in [3.8, 4) is 0 Å². The van der Waals surface area contributed by atoms with Gasteiger partial charge in [-0.05, 0) is 18.2 Å². The van der Waals surface area contributed by atoms with Crippen LogP contribution in [-0.4, -0.2) is 22.8 Å². The molecule has 0 fully saturated rings. The second kappa shape index (κ2) is 3.98. The maximum atomic E-state index is 11.1. The quantitative estimate of drug-likeness (QED) is 0.859. The summed E-state index contributed by atoms with van der Waals surface area (Å²) >= 11 is 0. The summed E-state index contributed by atoms with van der Waals surface area (Å²) in [4.78, 5) is 11.1. The molecule has 2 rings (SSSR count). The Morgan fingerprint density at radius 1 is 1.50 bits per heavy atom. The molecule has 0 aliphatic carbocycles. The predicted molar refractivity (Wildman–Crippen MR) is 60.6 cm³/mol. The number of carboxylic acids is 1. The first-order chi connectivity index (χ1) is 7.65. The Bertz CT molecular complexity index is 542. The molecule has 0 amide bonds. The molecule has 1 N–H and O–H groups in total. The van der Waals surface area contributed by atoms with Crippen LogP contribution in [0.1, 0.15) is 16.1 Å². The highest BCUT2D eigenvalue weighted by atomic mass is 16.5. The highest BCUT2D eigenvalue weighted by Gasteiger charge is 2.12. The molecule has 0 bridgehead atoms. The molecule has 0 saturated carbocycles. The number of aryl methyl sites for hydroxylation is 1. The van der Waals surface area contributed by atoms with E-state index in [1.165, 1.54) is 0 Å². The molecule has 0 spiro atoms. The maximum Gasteiger partial charge on any atom is 0.336 e. The fourth-order valence-electron chi connectivity index (χ4n) is 1.89. The van der Waals surface area contributed by atoms with Crippen molar-refractivity contribution in [2.75, 3.05) is 7.11 Å². The summed E-state index contributed by atoms with van der Waals surface area (Å²) in [5.41, 5.74) is 2.20. The van der Waals surface area contributed by atoms with E-state index >= 15 is 0 Å². The van der Waals surface area contributed by atoms with E-state index in [9.17, 15) is 4.79 Å². The van der Waals surface area contributed by atoms with E-state index < -0.39 is 5.97 Å². The molecule has 0 atom stereocenters. The van der Waals surface area contributed by atoms with E-state index in [1.54, 1.807) is 19.2 Å². The summed E-state index contributed by atoms with van der Waals surface area (Å²) in [5, 5.41) is 9.83. The summed E-state index contributed by atoms with van der Waals surface area (Å²) in [6.45, 7) is 0.476. The Hall–Kier alpha value is -1.81. The van der Waals surface area contributed by atoms with Crippen molar-refractivity contribution >= 4 is 16.9 Å². The van der Waals surface area contributed by atoms with Crippen molar-refractivity contribution in [3.05, 3.63) is 35.5 Å². The molecule has 0 radical (unpaired) electrons. The van der Waals surface area contributed by atoms with Gasteiger partial charge in [0.25, 0.3) is 0 Å². The van der Waals surface area contributed by atoms with Crippen LogP contribution >= 0.6 is 0 Å². The van der Waals surface area contributed by atoms with Crippen LogP contribution in [-0.2, 0) is 18.4 Å². The Kier molecular flexibility index (Phi) is 2.66. The van der Waals surface area contributed by atoms with Gasteiger partial charge >= 0.3 is 5.97 Å². The predicted octanol–water partition coefficient (Wildman–Crippen LogP) is 2.02. The van der Waals surface area contributed by atoms with Gasteiger partial charge in [0, 0.05) is 30.8 Å². The summed E-state index contributed by atoms with van der Waals surface area (Å²) in [5.74, 6) is -0.903. The highest BCUT2D eigenvalue weighted by Crippen LogP contribution is 2.23. The molecule has 1 heterocycles. The number of carbonyl (C=O) groups is 1. The van der Waals surface area contributed by atoms with Crippen LogP contribution in [0.4, 0.5) is 0 Å². The molecule has 0 saturated heterocycles. The lowest BCUT2D eigenvalue weighted by atomic mass is 10.1. The van der Waals surface area contributed by atoms with Gasteiger partial charge in [-0.25, -0.2) is 4.79 Å². The molecule has 4 heteroatoms. The van der Waals surface area contributed by atoms with E-state index in [1.807, 2.05) is 23.7 Å². The SMILES string of the molecule is COCc1cc2c(C(=O)O)cccc2n1C. The fraction of sp³-hybridized carbons (Fsp3) is 0.250. The van der Waals surface area contributed by atoms with Crippen LogP contribution in [0.5, 0.6) is 0 Å². The Morgan fingerprint density at radius 2 is 2.25 bits per heavy atom. The summed E-state index contributed by atoms with van der Waals surface area (Å²) in [7, 11) is 3.53. The van der Waals surface area contributed by atoms with Crippen molar-refractivity contribution in [2.45, 2.75) is 6.61 Å². The van der Waals surface area contributed by atoms with Crippen molar-refractivity contribution in [2.24, 2.45) is 7.05 Å². The number of nitrogens with zero attached hydrogens (tertiary/aromatic N) is 1. The van der Waals surface area contributed by atoms with Crippen LogP contribution in [0, 0.1) is 0 Å². The smallest absolute Gasteiger partial charge is 0.336 e. The summed E-state index contributed by atoms with van der Waals surface area (Å²) < 4.78 is 7.02. The standard InChI is InChI=1S/C12H13NO3/c1-13-8(7-16-2)6-10-9(12(14)15)4-3-5-11(10)13/h3-6H,7H2,1-2H3,(H,14,15). The molecule has 16 heavy (non-hydrogen) atoms. The molecular formula is C12H13NO3. The van der Waals surface area contributed by atoms with Crippen LogP contribution < -0.4 is 0 Å². The van der Waals surface area contributed by atoms with Crippen LogP contribution in [0.3, 0.4) is 0 Å². The topological polar surface area (TPSA) is 51.5 Å². The number of ether oxygens (including phenoxy) is 1. The van der Waals surface area contributed by atoms with Gasteiger partial charge in [-0.2, -0.15) is 0 Å². The second-order valence-corrected chi connectivity index (χ2v) is 3.67. The normalized spacial score (nSPS) is 10.9. The molecular weight excluding hydrogens is 206 g/mol. The number of carboxylic acid groups (broad SMARTS) is 1. The molecule has 2 aromatic rings. The lowest BCUT2D eigenvalue weighted by molar-refractivity contribution is 0.0699. The van der Waals surface area contributed by atoms with Crippen molar-refractivity contribution < 1.29 is 14.6 Å². The van der Waals surface area contributed by atoms with Crippen LogP contribution in [0.25, 0.3) is 10.9 Å². The first-order valence-corrected chi connectivity index (χ1v) is 4.94. The first kappa shape index (κ1) is 10.7. The maximum absolute atomic E-state index is 11.1. The van der Waals surface area contributed by atoms with E-state index in [0.29, 0.717) is 12.2 Å². The minimum Gasteiger partial charge on any atom is -0.478 e. The zero-order chi connectivity index (χ0) is 11.7. The number of hydrogen-bond acceptors (Lipinski definition) is 2. The average Bonchev–Trinajstić information content (AvgIpc) is 2.57. The van der Waals surface area contributed by atoms with E-state index in [2.05, 4.69) is 0 Å². The number of methoxy groups -OCH3 is 1. The minimum absolute atomic E-state index is 0.329. The summed E-state index contributed by atoms with van der Waals surface area (Å²) in [6, 6.07) is 7.13. The molecule has 0 aliphatic heterocycles. The van der Waals surface area contributed by atoms with E-state index in [0.717, 1.165) is 16.6 Å². The molecule has 84 valence electrons. The number of aromatic nitrogens is 1. The fourth-order valence-corrected chi connectivity index (χ4v) is 1.89. The highest BCUT2D eigenvalue weighted by molar-refractivity contribution is 6.03. The van der Waals surface area contributed by atoms with Gasteiger partial charge in [0.15, 0.2) is 0 Å². The second-order valence-electron chi connectivity index (χ2n) is 3.67.